The molecule has 0 radical (unpaired) electrons. The van der Waals surface area contributed by atoms with Crippen LogP contribution in [0.15, 0.2) is 30.7 Å². The van der Waals surface area contributed by atoms with E-state index in [1.54, 1.807) is 18.0 Å². The highest BCUT2D eigenvalue weighted by Gasteiger charge is 2.10. The number of ether oxygens (including phenoxy) is 1. The first kappa shape index (κ1) is 9.89. The highest BCUT2D eigenvalue weighted by molar-refractivity contribution is 5.90. The first-order valence-electron chi connectivity index (χ1n) is 5.32. The van der Waals surface area contributed by atoms with Crippen molar-refractivity contribution in [2.45, 2.75) is 6.92 Å². The quantitative estimate of drug-likeness (QED) is 0.730. The number of hydrogen-bond donors (Lipinski definition) is 1. The van der Waals surface area contributed by atoms with Crippen molar-refractivity contribution in [2.24, 2.45) is 0 Å². The normalized spacial score (nSPS) is 10.9. The molecule has 3 heterocycles. The molecule has 86 valence electrons. The standard InChI is InChI=1S/C12H12N4O/c1-8-4-6-16(15-8)12-11-9(3-5-13-11)10(17-2)7-14-12/h3-7,13H,1-2H3. The number of aromatic nitrogens is 4. The molecule has 0 atom stereocenters. The lowest BCUT2D eigenvalue weighted by atomic mass is 10.3. The van der Waals surface area contributed by atoms with Gasteiger partial charge in [-0.15, -0.1) is 0 Å². The van der Waals surface area contributed by atoms with Crippen molar-refractivity contribution < 1.29 is 4.74 Å². The SMILES string of the molecule is COc1cnc(-n2ccc(C)n2)c2[nH]ccc12. The van der Waals surface area contributed by atoms with Gasteiger partial charge in [-0.1, -0.05) is 0 Å². The van der Waals surface area contributed by atoms with Crippen molar-refractivity contribution >= 4 is 10.9 Å². The zero-order valence-electron chi connectivity index (χ0n) is 9.64. The second-order valence-corrected chi connectivity index (χ2v) is 3.82. The molecule has 17 heavy (non-hydrogen) atoms. The van der Waals surface area contributed by atoms with Crippen molar-refractivity contribution in [3.63, 3.8) is 0 Å². The van der Waals surface area contributed by atoms with Crippen molar-refractivity contribution in [3.8, 4) is 11.6 Å². The van der Waals surface area contributed by atoms with Crippen molar-refractivity contribution in [2.75, 3.05) is 7.11 Å². The predicted octanol–water partition coefficient (Wildman–Crippen LogP) is 2.07. The van der Waals surface area contributed by atoms with Gasteiger partial charge in [-0.2, -0.15) is 5.10 Å². The number of H-pyrrole nitrogens is 1. The van der Waals surface area contributed by atoms with Crippen LogP contribution in [0.4, 0.5) is 0 Å². The molecule has 5 heteroatoms. The molecule has 3 rings (SSSR count). The summed E-state index contributed by atoms with van der Waals surface area (Å²) < 4.78 is 7.03. The number of hydrogen-bond acceptors (Lipinski definition) is 3. The largest absolute Gasteiger partial charge is 0.494 e. The number of methoxy groups -OCH3 is 1. The van der Waals surface area contributed by atoms with Crippen LogP contribution in [0.25, 0.3) is 16.7 Å². The number of rotatable bonds is 2. The maximum absolute atomic E-state index is 5.27. The van der Waals surface area contributed by atoms with Crippen LogP contribution >= 0.6 is 0 Å². The molecule has 0 spiro atoms. The smallest absolute Gasteiger partial charge is 0.178 e. The van der Waals surface area contributed by atoms with Gasteiger partial charge >= 0.3 is 0 Å². The third kappa shape index (κ3) is 1.47. The number of aromatic amines is 1. The van der Waals surface area contributed by atoms with E-state index in [-0.39, 0.29) is 0 Å². The summed E-state index contributed by atoms with van der Waals surface area (Å²) in [5.74, 6) is 1.53. The first-order chi connectivity index (χ1) is 8.29. The van der Waals surface area contributed by atoms with Crippen LogP contribution in [0.3, 0.4) is 0 Å². The number of nitrogens with one attached hydrogen (secondary N) is 1. The van der Waals surface area contributed by atoms with Crippen molar-refractivity contribution in [3.05, 3.63) is 36.4 Å². The molecule has 0 aromatic carbocycles. The first-order valence-corrected chi connectivity index (χ1v) is 5.32. The number of pyridine rings is 1. The average Bonchev–Trinajstić information content (AvgIpc) is 2.96. The summed E-state index contributed by atoms with van der Waals surface area (Å²) >= 11 is 0. The van der Waals surface area contributed by atoms with E-state index >= 15 is 0 Å². The lowest BCUT2D eigenvalue weighted by Gasteiger charge is -2.05. The fourth-order valence-corrected chi connectivity index (χ4v) is 1.88. The van der Waals surface area contributed by atoms with E-state index in [0.29, 0.717) is 0 Å². The third-order valence-corrected chi connectivity index (χ3v) is 2.70. The Morgan fingerprint density at radius 3 is 2.94 bits per heavy atom. The highest BCUT2D eigenvalue weighted by Crippen LogP contribution is 2.27. The molecule has 0 fully saturated rings. The molecule has 3 aromatic rings. The fraction of sp³-hybridized carbons (Fsp3) is 0.167. The van der Waals surface area contributed by atoms with Crippen LogP contribution in [0, 0.1) is 6.92 Å². The molecule has 5 nitrogen and oxygen atoms in total. The number of fused-ring (bicyclic) bond motifs is 1. The van der Waals surface area contributed by atoms with Crippen molar-refractivity contribution in [1.29, 1.82) is 0 Å². The lowest BCUT2D eigenvalue weighted by molar-refractivity contribution is 0.418. The molecular weight excluding hydrogens is 216 g/mol. The minimum atomic E-state index is 0.758. The molecule has 1 N–H and O–H groups in total. The van der Waals surface area contributed by atoms with Crippen molar-refractivity contribution in [1.82, 2.24) is 19.7 Å². The molecule has 0 aliphatic rings. The Kier molecular flexibility index (Phi) is 2.11. The van der Waals surface area contributed by atoms with Gasteiger partial charge in [0.2, 0.25) is 0 Å². The summed E-state index contributed by atoms with van der Waals surface area (Å²) in [6, 6.07) is 3.91. The van der Waals surface area contributed by atoms with E-state index in [9.17, 15) is 0 Å². The molecular formula is C12H12N4O. The Morgan fingerprint density at radius 1 is 1.35 bits per heavy atom. The second kappa shape index (κ2) is 3.62. The van der Waals surface area contributed by atoms with E-state index in [2.05, 4.69) is 15.1 Å². The van der Waals surface area contributed by atoms with Gasteiger partial charge in [0.1, 0.15) is 5.75 Å². The molecule has 3 aromatic heterocycles. The van der Waals surface area contributed by atoms with Gasteiger partial charge in [0.15, 0.2) is 5.82 Å². The Morgan fingerprint density at radius 2 is 2.24 bits per heavy atom. The van der Waals surface area contributed by atoms with Gasteiger partial charge in [-0.25, -0.2) is 9.67 Å². The third-order valence-electron chi connectivity index (χ3n) is 2.70. The maximum Gasteiger partial charge on any atom is 0.178 e. The average molecular weight is 228 g/mol. The van der Waals surface area contributed by atoms with Crippen LogP contribution in [-0.2, 0) is 0 Å². The second-order valence-electron chi connectivity index (χ2n) is 3.82. The highest BCUT2D eigenvalue weighted by atomic mass is 16.5. The van der Waals surface area contributed by atoms with Gasteiger partial charge in [0, 0.05) is 17.8 Å². The topological polar surface area (TPSA) is 55.7 Å². The van der Waals surface area contributed by atoms with E-state index in [1.807, 2.05) is 31.5 Å². The Labute approximate surface area is 98.0 Å². The molecule has 0 bridgehead atoms. The van der Waals surface area contributed by atoms with E-state index in [4.69, 9.17) is 4.74 Å². The van der Waals surface area contributed by atoms with Gasteiger partial charge in [-0.05, 0) is 19.1 Å². The summed E-state index contributed by atoms with van der Waals surface area (Å²) in [6.07, 6.45) is 5.47. The lowest BCUT2D eigenvalue weighted by Crippen LogP contribution is -2.00. The van der Waals surface area contributed by atoms with Crippen LogP contribution in [0.5, 0.6) is 5.75 Å². The molecule has 0 aliphatic carbocycles. The minimum Gasteiger partial charge on any atom is -0.494 e. The maximum atomic E-state index is 5.27. The minimum absolute atomic E-state index is 0.758. The summed E-state index contributed by atoms with van der Waals surface area (Å²) in [5, 5.41) is 5.36. The number of aryl methyl sites for hydroxylation is 1. The van der Waals surface area contributed by atoms with Gasteiger partial charge in [0.05, 0.1) is 24.5 Å². The number of nitrogens with zero attached hydrogens (tertiary/aromatic N) is 3. The van der Waals surface area contributed by atoms with Gasteiger partial charge in [0.25, 0.3) is 0 Å². The molecule has 0 saturated heterocycles. The zero-order valence-corrected chi connectivity index (χ0v) is 9.64. The van der Waals surface area contributed by atoms with E-state index in [0.717, 1.165) is 28.2 Å². The van der Waals surface area contributed by atoms with Crippen LogP contribution in [0.1, 0.15) is 5.69 Å². The molecule has 0 unspecified atom stereocenters. The Bertz CT molecular complexity index is 668. The Balaban J connectivity index is 2.27. The monoisotopic (exact) mass is 228 g/mol. The fourth-order valence-electron chi connectivity index (χ4n) is 1.88. The summed E-state index contributed by atoms with van der Waals surface area (Å²) in [7, 11) is 1.64. The molecule has 0 amide bonds. The summed E-state index contributed by atoms with van der Waals surface area (Å²) in [5.41, 5.74) is 1.88. The van der Waals surface area contributed by atoms with Crippen LogP contribution in [-0.4, -0.2) is 26.9 Å². The van der Waals surface area contributed by atoms with Gasteiger partial charge in [-0.3, -0.25) is 0 Å². The van der Waals surface area contributed by atoms with Crippen LogP contribution in [0.2, 0.25) is 0 Å². The van der Waals surface area contributed by atoms with E-state index < -0.39 is 0 Å². The van der Waals surface area contributed by atoms with Crippen LogP contribution < -0.4 is 4.74 Å². The van der Waals surface area contributed by atoms with E-state index in [1.165, 1.54) is 0 Å². The Hall–Kier alpha value is -2.30. The predicted molar refractivity (Wildman–Crippen MR) is 64.5 cm³/mol. The molecule has 0 saturated carbocycles. The summed E-state index contributed by atoms with van der Waals surface area (Å²) in [4.78, 5) is 7.54. The summed E-state index contributed by atoms with van der Waals surface area (Å²) in [6.45, 7) is 1.95. The van der Waals surface area contributed by atoms with Gasteiger partial charge < -0.3 is 9.72 Å². The molecule has 0 aliphatic heterocycles. The zero-order chi connectivity index (χ0) is 11.8.